The fourth-order valence-corrected chi connectivity index (χ4v) is 3.11. The molecule has 2 N–H and O–H groups in total. The second-order valence-corrected chi connectivity index (χ2v) is 6.90. The lowest BCUT2D eigenvalue weighted by Crippen LogP contribution is -2.39. The summed E-state index contributed by atoms with van der Waals surface area (Å²) in [5, 5.41) is 24.5. The molecule has 0 heterocycles. The number of ether oxygens (including phenoxy) is 1. The van der Waals surface area contributed by atoms with E-state index >= 15 is 0 Å². The molecular weight excluding hydrogens is 424 g/mol. The summed E-state index contributed by atoms with van der Waals surface area (Å²) in [5.74, 6) is -1.78. The van der Waals surface area contributed by atoms with Crippen LogP contribution in [0.25, 0.3) is 0 Å². The zero-order valence-electron chi connectivity index (χ0n) is 16.0. The van der Waals surface area contributed by atoms with E-state index < -0.39 is 29.0 Å². The molecule has 3 aromatic carbocycles. The Morgan fingerprint density at radius 2 is 1.55 bits per heavy atom. The van der Waals surface area contributed by atoms with Gasteiger partial charge in [-0.15, -0.1) is 0 Å². The topological polar surface area (TPSA) is 119 Å². The molecular formula is C22H17ClN2O6. The number of carbonyl (C=O) groups excluding carboxylic acids is 2. The van der Waals surface area contributed by atoms with Gasteiger partial charge in [-0.05, 0) is 23.3 Å². The molecule has 1 amide bonds. The van der Waals surface area contributed by atoms with Gasteiger partial charge in [-0.25, -0.2) is 4.79 Å². The highest BCUT2D eigenvalue weighted by atomic mass is 35.5. The Bertz CT molecular complexity index is 1070. The van der Waals surface area contributed by atoms with Gasteiger partial charge in [0.2, 0.25) is 5.60 Å². The molecule has 0 saturated carbocycles. The Labute approximate surface area is 182 Å². The smallest absolute Gasteiger partial charge is 0.348 e. The Kier molecular flexibility index (Phi) is 6.64. The Morgan fingerprint density at radius 1 is 1.00 bits per heavy atom. The van der Waals surface area contributed by atoms with Crippen molar-refractivity contribution in [3.8, 4) is 0 Å². The lowest BCUT2D eigenvalue weighted by Gasteiger charge is -2.26. The molecule has 9 heteroatoms. The van der Waals surface area contributed by atoms with Crippen molar-refractivity contribution in [2.24, 2.45) is 0 Å². The first kappa shape index (κ1) is 21.9. The number of nitro benzene ring substituents is 1. The van der Waals surface area contributed by atoms with Crippen LogP contribution in [0.15, 0.2) is 78.9 Å². The monoisotopic (exact) mass is 440 g/mol. The average molecular weight is 441 g/mol. The number of rotatable bonds is 7. The predicted octanol–water partition coefficient (Wildman–Crippen LogP) is 3.67. The summed E-state index contributed by atoms with van der Waals surface area (Å²) in [6.07, 6.45) is 0. The van der Waals surface area contributed by atoms with Gasteiger partial charge in [-0.2, -0.15) is 0 Å². The minimum Gasteiger partial charge on any atom is -0.453 e. The molecule has 3 rings (SSSR count). The molecule has 0 atom stereocenters. The van der Waals surface area contributed by atoms with Crippen LogP contribution in [0.1, 0.15) is 11.1 Å². The highest BCUT2D eigenvalue weighted by Crippen LogP contribution is 2.31. The van der Waals surface area contributed by atoms with E-state index in [0.29, 0.717) is 0 Å². The summed E-state index contributed by atoms with van der Waals surface area (Å²) < 4.78 is 5.09. The van der Waals surface area contributed by atoms with E-state index in [0.717, 1.165) is 6.07 Å². The van der Waals surface area contributed by atoms with Crippen molar-refractivity contribution in [2.75, 3.05) is 11.9 Å². The third kappa shape index (κ3) is 4.88. The normalized spacial score (nSPS) is 10.9. The largest absolute Gasteiger partial charge is 0.453 e. The lowest BCUT2D eigenvalue weighted by molar-refractivity contribution is -0.384. The number of esters is 1. The van der Waals surface area contributed by atoms with E-state index in [2.05, 4.69) is 5.32 Å². The van der Waals surface area contributed by atoms with E-state index in [1.807, 2.05) is 0 Å². The first-order valence-electron chi connectivity index (χ1n) is 9.07. The van der Waals surface area contributed by atoms with Crippen LogP contribution in [0.3, 0.4) is 0 Å². The fourth-order valence-electron chi connectivity index (χ4n) is 2.92. The summed E-state index contributed by atoms with van der Waals surface area (Å²) in [4.78, 5) is 35.3. The standard InChI is InChI=1S/C22H17ClN2O6/c23-18-12-11-17(13-19(18)25(29)30)24-20(26)14-31-21(27)22(28,15-7-3-1-4-8-15)16-9-5-2-6-10-16/h1-13,28H,14H2,(H,24,26). The predicted molar refractivity (Wildman–Crippen MR) is 114 cm³/mol. The molecule has 8 nitrogen and oxygen atoms in total. The number of benzene rings is 3. The first-order valence-corrected chi connectivity index (χ1v) is 9.44. The molecule has 0 aliphatic rings. The molecule has 0 radical (unpaired) electrons. The highest BCUT2D eigenvalue weighted by molar-refractivity contribution is 6.32. The maximum Gasteiger partial charge on any atom is 0.348 e. The summed E-state index contributed by atoms with van der Waals surface area (Å²) in [6.45, 7) is -0.711. The van der Waals surface area contributed by atoms with Gasteiger partial charge in [-0.3, -0.25) is 14.9 Å². The van der Waals surface area contributed by atoms with Crippen molar-refractivity contribution in [2.45, 2.75) is 5.60 Å². The molecule has 0 spiro atoms. The Balaban J connectivity index is 1.75. The lowest BCUT2D eigenvalue weighted by atomic mass is 9.86. The number of nitrogens with zero attached hydrogens (tertiary/aromatic N) is 1. The van der Waals surface area contributed by atoms with E-state index in [1.54, 1.807) is 60.7 Å². The minimum absolute atomic E-state index is 0.0785. The Hall–Kier alpha value is -3.75. The molecule has 0 aliphatic carbocycles. The molecule has 3 aromatic rings. The quantitative estimate of drug-likeness (QED) is 0.328. The van der Waals surface area contributed by atoms with Gasteiger partial charge in [0.25, 0.3) is 11.6 Å². The number of anilines is 1. The number of aliphatic hydroxyl groups is 1. The van der Waals surface area contributed by atoms with Gasteiger partial charge >= 0.3 is 5.97 Å². The van der Waals surface area contributed by atoms with Crippen molar-refractivity contribution in [3.05, 3.63) is 105 Å². The number of hydrogen-bond donors (Lipinski definition) is 2. The average Bonchev–Trinajstić information content (AvgIpc) is 2.79. The van der Waals surface area contributed by atoms with Crippen LogP contribution in [-0.2, 0) is 19.9 Å². The molecule has 0 unspecified atom stereocenters. The molecule has 0 bridgehead atoms. The van der Waals surface area contributed by atoms with Gasteiger partial charge in [0.15, 0.2) is 6.61 Å². The number of hydrogen-bond acceptors (Lipinski definition) is 6. The summed E-state index contributed by atoms with van der Waals surface area (Å²) in [7, 11) is 0. The Morgan fingerprint density at radius 3 is 2.06 bits per heavy atom. The third-order valence-electron chi connectivity index (χ3n) is 4.44. The SMILES string of the molecule is O=C(COC(=O)C(O)(c1ccccc1)c1ccccc1)Nc1ccc(Cl)c([N+](=O)[O-])c1. The zero-order valence-corrected chi connectivity index (χ0v) is 16.8. The van der Waals surface area contributed by atoms with Gasteiger partial charge < -0.3 is 15.2 Å². The van der Waals surface area contributed by atoms with Crippen molar-refractivity contribution in [3.63, 3.8) is 0 Å². The van der Waals surface area contributed by atoms with Crippen LogP contribution in [0, 0.1) is 10.1 Å². The molecule has 0 aliphatic heterocycles. The number of nitro groups is 1. The van der Waals surface area contributed by atoms with Gasteiger partial charge in [-0.1, -0.05) is 72.3 Å². The van der Waals surface area contributed by atoms with Crippen LogP contribution in [0.2, 0.25) is 5.02 Å². The van der Waals surface area contributed by atoms with Crippen LogP contribution in [-0.4, -0.2) is 28.5 Å². The van der Waals surface area contributed by atoms with Crippen molar-refractivity contribution in [1.29, 1.82) is 0 Å². The van der Waals surface area contributed by atoms with Crippen LogP contribution in [0.5, 0.6) is 0 Å². The van der Waals surface area contributed by atoms with Crippen LogP contribution < -0.4 is 5.32 Å². The van der Waals surface area contributed by atoms with E-state index in [1.165, 1.54) is 12.1 Å². The van der Waals surface area contributed by atoms with Crippen molar-refractivity contribution >= 4 is 34.9 Å². The molecule has 0 fully saturated rings. The summed E-state index contributed by atoms with van der Waals surface area (Å²) in [5.41, 5.74) is -1.83. The first-order chi connectivity index (χ1) is 14.8. The van der Waals surface area contributed by atoms with Crippen molar-refractivity contribution in [1.82, 2.24) is 0 Å². The zero-order chi connectivity index (χ0) is 22.4. The number of carbonyl (C=O) groups is 2. The highest BCUT2D eigenvalue weighted by Gasteiger charge is 2.41. The van der Waals surface area contributed by atoms with Gasteiger partial charge in [0, 0.05) is 11.8 Å². The second kappa shape index (κ2) is 9.38. The number of amides is 1. The van der Waals surface area contributed by atoms with Crippen LogP contribution >= 0.6 is 11.6 Å². The summed E-state index contributed by atoms with van der Waals surface area (Å²) >= 11 is 5.75. The fraction of sp³-hybridized carbons (Fsp3) is 0.0909. The molecule has 31 heavy (non-hydrogen) atoms. The van der Waals surface area contributed by atoms with E-state index in [-0.39, 0.29) is 27.5 Å². The molecule has 158 valence electrons. The van der Waals surface area contributed by atoms with E-state index in [4.69, 9.17) is 16.3 Å². The number of halogens is 1. The maximum absolute atomic E-state index is 12.9. The molecule has 0 aromatic heterocycles. The van der Waals surface area contributed by atoms with Gasteiger partial charge in [0.1, 0.15) is 5.02 Å². The van der Waals surface area contributed by atoms with Gasteiger partial charge in [0.05, 0.1) is 4.92 Å². The van der Waals surface area contributed by atoms with Crippen LogP contribution in [0.4, 0.5) is 11.4 Å². The minimum atomic E-state index is -2.12. The second-order valence-electron chi connectivity index (χ2n) is 6.49. The maximum atomic E-state index is 12.9. The summed E-state index contributed by atoms with van der Waals surface area (Å²) in [6, 6.07) is 20.1. The van der Waals surface area contributed by atoms with E-state index in [9.17, 15) is 24.8 Å². The number of nitrogens with one attached hydrogen (secondary N) is 1. The molecule has 0 saturated heterocycles. The third-order valence-corrected chi connectivity index (χ3v) is 4.76. The van der Waals surface area contributed by atoms with Crippen molar-refractivity contribution < 1.29 is 24.4 Å².